The maximum absolute atomic E-state index is 12.8. The molecule has 0 bridgehead atoms. The molecule has 1 atom stereocenters. The lowest BCUT2D eigenvalue weighted by atomic mass is 10.1. The van der Waals surface area contributed by atoms with E-state index in [0.717, 1.165) is 96.3 Å². The first kappa shape index (κ1) is 61.3. The minimum atomic E-state index is -0.827. The first-order chi connectivity index (χ1) is 32.5. The average Bonchev–Trinajstić information content (AvgIpc) is 3.31. The minimum Gasteiger partial charge on any atom is -0.462 e. The summed E-state index contributed by atoms with van der Waals surface area (Å²) in [5.41, 5.74) is 0. The van der Waals surface area contributed by atoms with Gasteiger partial charge in [0.05, 0.1) is 0 Å². The largest absolute Gasteiger partial charge is 0.462 e. The molecular formula is C60H92O6. The molecule has 0 radical (unpaired) electrons. The molecular weight excluding hydrogens is 817 g/mol. The number of esters is 3. The zero-order valence-electron chi connectivity index (χ0n) is 41.9. The molecule has 0 spiro atoms. The van der Waals surface area contributed by atoms with Gasteiger partial charge in [-0.1, -0.05) is 237 Å². The molecule has 6 heteroatoms. The highest BCUT2D eigenvalue weighted by Gasteiger charge is 2.19. The molecule has 368 valence electrons. The van der Waals surface area contributed by atoms with Crippen LogP contribution in [0.2, 0.25) is 0 Å². The van der Waals surface area contributed by atoms with Crippen LogP contribution in [0, 0.1) is 0 Å². The van der Waals surface area contributed by atoms with Gasteiger partial charge in [-0.25, -0.2) is 0 Å². The smallest absolute Gasteiger partial charge is 0.306 e. The highest BCUT2D eigenvalue weighted by molar-refractivity contribution is 5.71. The van der Waals surface area contributed by atoms with E-state index in [1.807, 2.05) is 85.1 Å². The number of allylic oxidation sites excluding steroid dienone is 24. The zero-order valence-corrected chi connectivity index (χ0v) is 41.9. The lowest BCUT2D eigenvalue weighted by molar-refractivity contribution is -0.167. The second-order valence-corrected chi connectivity index (χ2v) is 16.6. The van der Waals surface area contributed by atoms with E-state index in [-0.39, 0.29) is 44.0 Å². The highest BCUT2D eigenvalue weighted by atomic mass is 16.6. The van der Waals surface area contributed by atoms with Gasteiger partial charge < -0.3 is 14.2 Å². The van der Waals surface area contributed by atoms with Gasteiger partial charge in [0.1, 0.15) is 13.2 Å². The lowest BCUT2D eigenvalue weighted by Crippen LogP contribution is -2.30. The quantitative estimate of drug-likeness (QED) is 0.0262. The molecule has 0 amide bonds. The molecule has 0 saturated heterocycles. The van der Waals surface area contributed by atoms with Crippen LogP contribution < -0.4 is 0 Å². The van der Waals surface area contributed by atoms with E-state index in [0.29, 0.717) is 19.3 Å². The molecule has 0 N–H and O–H groups in total. The molecule has 0 heterocycles. The summed E-state index contributed by atoms with van der Waals surface area (Å²) in [7, 11) is 0. The van der Waals surface area contributed by atoms with Crippen molar-refractivity contribution in [2.45, 2.75) is 200 Å². The Hall–Kier alpha value is -4.71. The van der Waals surface area contributed by atoms with Gasteiger partial charge in [0.25, 0.3) is 0 Å². The number of hydrogen-bond donors (Lipinski definition) is 0. The van der Waals surface area contributed by atoms with E-state index in [9.17, 15) is 14.4 Å². The first-order valence-corrected chi connectivity index (χ1v) is 26.0. The van der Waals surface area contributed by atoms with Crippen LogP contribution in [0.1, 0.15) is 194 Å². The van der Waals surface area contributed by atoms with Gasteiger partial charge in [-0.05, 0) is 83.5 Å². The van der Waals surface area contributed by atoms with E-state index < -0.39 is 6.10 Å². The third-order valence-corrected chi connectivity index (χ3v) is 10.3. The number of ether oxygens (including phenoxy) is 3. The van der Waals surface area contributed by atoms with E-state index in [4.69, 9.17) is 14.2 Å². The average molecular weight is 909 g/mol. The topological polar surface area (TPSA) is 78.9 Å². The van der Waals surface area contributed by atoms with Crippen molar-refractivity contribution in [2.75, 3.05) is 13.2 Å². The lowest BCUT2D eigenvalue weighted by Gasteiger charge is -2.18. The van der Waals surface area contributed by atoms with E-state index in [1.165, 1.54) is 44.9 Å². The molecule has 0 saturated carbocycles. The standard InChI is InChI=1S/C60H92O6/c1-4-7-10-13-16-19-22-25-28-30-33-35-38-41-44-47-50-53-59(62)65-56-57(55-64-58(61)52-49-46-43-40-37-34-31-27-24-21-18-15-12-9-6-3)66-60(63)54-51-48-45-42-39-36-32-29-26-23-20-17-14-11-8-5-2/h7,9-10,12-13,15-16,18-19,21-22,24-25,27-33,35-36,38-39,57H,4-6,8,11,14,17,20,23,26,34,37,40-56H2,1-3H3/b10-7-,12-9-,16-13-,18-15-,22-19-,24-21-,28-25-,31-27-,32-29-,33-30+,38-35-,39-36-. The van der Waals surface area contributed by atoms with Gasteiger partial charge in [-0.15, -0.1) is 0 Å². The van der Waals surface area contributed by atoms with Crippen LogP contribution >= 0.6 is 0 Å². The van der Waals surface area contributed by atoms with Crippen LogP contribution in [0.15, 0.2) is 146 Å². The molecule has 1 unspecified atom stereocenters. The highest BCUT2D eigenvalue weighted by Crippen LogP contribution is 2.12. The zero-order chi connectivity index (χ0) is 47.9. The summed E-state index contributed by atoms with van der Waals surface area (Å²) in [4.78, 5) is 38.0. The Kier molecular flexibility index (Phi) is 49.1. The summed E-state index contributed by atoms with van der Waals surface area (Å²) in [5.74, 6) is -1.03. The number of hydrogen-bond acceptors (Lipinski definition) is 6. The Bertz CT molecular complexity index is 1510. The third kappa shape index (κ3) is 50.3. The summed E-state index contributed by atoms with van der Waals surface area (Å²) in [6.07, 6.45) is 75.4. The van der Waals surface area contributed by atoms with Gasteiger partial charge >= 0.3 is 17.9 Å². The van der Waals surface area contributed by atoms with E-state index in [2.05, 4.69) is 81.5 Å². The fourth-order valence-electron chi connectivity index (χ4n) is 6.47. The van der Waals surface area contributed by atoms with Crippen LogP contribution in [0.4, 0.5) is 0 Å². The maximum Gasteiger partial charge on any atom is 0.306 e. The van der Waals surface area contributed by atoms with Gasteiger partial charge in [-0.2, -0.15) is 0 Å². The molecule has 0 aromatic rings. The third-order valence-electron chi connectivity index (χ3n) is 10.3. The monoisotopic (exact) mass is 909 g/mol. The van der Waals surface area contributed by atoms with Gasteiger partial charge in [0.2, 0.25) is 0 Å². The van der Waals surface area contributed by atoms with Crippen molar-refractivity contribution >= 4 is 17.9 Å². The predicted octanol–water partition coefficient (Wildman–Crippen LogP) is 17.3. The van der Waals surface area contributed by atoms with Crippen molar-refractivity contribution in [1.82, 2.24) is 0 Å². The summed E-state index contributed by atoms with van der Waals surface area (Å²) >= 11 is 0. The van der Waals surface area contributed by atoms with Crippen LogP contribution in [0.25, 0.3) is 0 Å². The summed E-state index contributed by atoms with van der Waals surface area (Å²) < 4.78 is 16.7. The number of carbonyl (C=O) groups is 3. The first-order valence-electron chi connectivity index (χ1n) is 26.0. The van der Waals surface area contributed by atoms with Crippen LogP contribution in [-0.4, -0.2) is 37.2 Å². The fraction of sp³-hybridized carbons (Fsp3) is 0.550. The van der Waals surface area contributed by atoms with Crippen LogP contribution in [0.3, 0.4) is 0 Å². The van der Waals surface area contributed by atoms with Gasteiger partial charge in [0.15, 0.2) is 6.10 Å². The number of rotatable bonds is 44. The molecule has 0 aliphatic heterocycles. The summed E-state index contributed by atoms with van der Waals surface area (Å²) in [5, 5.41) is 0. The molecule has 66 heavy (non-hydrogen) atoms. The van der Waals surface area contributed by atoms with Crippen molar-refractivity contribution in [3.05, 3.63) is 146 Å². The number of unbranched alkanes of at least 4 members (excludes halogenated alkanes) is 18. The Morgan fingerprint density at radius 2 is 0.591 bits per heavy atom. The maximum atomic E-state index is 12.8. The Balaban J connectivity index is 4.60. The molecule has 0 aliphatic rings. The fourth-order valence-corrected chi connectivity index (χ4v) is 6.47. The van der Waals surface area contributed by atoms with Crippen molar-refractivity contribution in [3.63, 3.8) is 0 Å². The predicted molar refractivity (Wildman–Crippen MR) is 283 cm³/mol. The molecule has 0 aromatic heterocycles. The number of carbonyl (C=O) groups excluding carboxylic acids is 3. The van der Waals surface area contributed by atoms with Crippen LogP contribution in [-0.2, 0) is 28.6 Å². The van der Waals surface area contributed by atoms with E-state index >= 15 is 0 Å². The van der Waals surface area contributed by atoms with Crippen molar-refractivity contribution in [2.24, 2.45) is 0 Å². The Morgan fingerprint density at radius 1 is 0.318 bits per heavy atom. The summed E-state index contributed by atoms with van der Waals surface area (Å²) in [6.45, 7) is 6.24. The second-order valence-electron chi connectivity index (χ2n) is 16.6. The Labute approximate surface area is 404 Å². The minimum absolute atomic E-state index is 0.122. The van der Waals surface area contributed by atoms with Crippen molar-refractivity contribution < 1.29 is 28.6 Å². The molecule has 0 rings (SSSR count). The van der Waals surface area contributed by atoms with Crippen LogP contribution in [0.5, 0.6) is 0 Å². The molecule has 0 aromatic carbocycles. The molecule has 0 aliphatic carbocycles. The molecule has 6 nitrogen and oxygen atoms in total. The molecule has 0 fully saturated rings. The Morgan fingerprint density at radius 3 is 0.955 bits per heavy atom. The second kappa shape index (κ2) is 52.9. The van der Waals surface area contributed by atoms with E-state index in [1.54, 1.807) is 0 Å². The van der Waals surface area contributed by atoms with Crippen molar-refractivity contribution in [3.8, 4) is 0 Å². The normalized spacial score (nSPS) is 13.3. The van der Waals surface area contributed by atoms with Gasteiger partial charge in [-0.3, -0.25) is 14.4 Å². The van der Waals surface area contributed by atoms with Gasteiger partial charge in [0, 0.05) is 19.3 Å². The summed E-state index contributed by atoms with van der Waals surface area (Å²) in [6, 6.07) is 0. The van der Waals surface area contributed by atoms with Crippen molar-refractivity contribution in [1.29, 1.82) is 0 Å². The SMILES string of the molecule is CC\C=C/C=C\C=C/C=C\C=C\C=C/CCCCCC(=O)OCC(COC(=O)CCCCCCC\C=C/C=C\C=C/C=C\CC)OC(=O)CCCCC/C=C\C=C/CCCCCCCCC.